The maximum atomic E-state index is 13.0. The molecule has 0 spiro atoms. The predicted octanol–water partition coefficient (Wildman–Crippen LogP) is 4.39. The Morgan fingerprint density at radius 3 is 2.38 bits per heavy atom. The Hall–Kier alpha value is -2.89. The third kappa shape index (κ3) is 4.94. The van der Waals surface area contributed by atoms with Crippen molar-refractivity contribution in [3.05, 3.63) is 65.0 Å². The van der Waals surface area contributed by atoms with Crippen molar-refractivity contribution in [2.45, 2.75) is 40.2 Å². The standard InChI is InChI=1S/C23H28FN3O2/c1-16-5-4-6-20(17(16)2)26-22(29)27-13-11-23(3,12-14-27)21(28)25-15-18-7-9-19(24)10-8-18/h4-10H,11-15H2,1-3H3,(H,25,28)(H,26,29). The van der Waals surface area contributed by atoms with Gasteiger partial charge in [-0.15, -0.1) is 0 Å². The van der Waals surface area contributed by atoms with Gasteiger partial charge < -0.3 is 15.5 Å². The van der Waals surface area contributed by atoms with E-state index in [1.165, 1.54) is 12.1 Å². The van der Waals surface area contributed by atoms with Crippen molar-refractivity contribution < 1.29 is 14.0 Å². The molecule has 29 heavy (non-hydrogen) atoms. The number of halogens is 1. The minimum absolute atomic E-state index is 0.0311. The highest BCUT2D eigenvalue weighted by atomic mass is 19.1. The third-order valence-electron chi connectivity index (χ3n) is 5.91. The molecule has 0 bridgehead atoms. The summed E-state index contributed by atoms with van der Waals surface area (Å²) in [7, 11) is 0. The number of hydrogen-bond donors (Lipinski definition) is 2. The fourth-order valence-corrected chi connectivity index (χ4v) is 3.51. The molecule has 0 aromatic heterocycles. The molecule has 5 nitrogen and oxygen atoms in total. The molecule has 3 rings (SSSR count). The Morgan fingerprint density at radius 2 is 1.72 bits per heavy atom. The topological polar surface area (TPSA) is 61.4 Å². The maximum Gasteiger partial charge on any atom is 0.321 e. The number of anilines is 1. The largest absolute Gasteiger partial charge is 0.352 e. The van der Waals surface area contributed by atoms with Gasteiger partial charge in [0, 0.05) is 30.7 Å². The molecular formula is C23H28FN3O2. The summed E-state index contributed by atoms with van der Waals surface area (Å²) in [5.74, 6) is -0.324. The molecule has 3 amide bonds. The normalized spacial score (nSPS) is 15.7. The van der Waals surface area contributed by atoms with Crippen LogP contribution in [-0.2, 0) is 11.3 Å². The number of carbonyl (C=O) groups excluding carboxylic acids is 2. The first-order chi connectivity index (χ1) is 13.8. The number of nitrogens with one attached hydrogen (secondary N) is 2. The van der Waals surface area contributed by atoms with Gasteiger partial charge in [-0.2, -0.15) is 0 Å². The highest BCUT2D eigenvalue weighted by molar-refractivity contribution is 5.90. The first kappa shape index (κ1) is 20.8. The molecule has 1 aliphatic rings. The van der Waals surface area contributed by atoms with Crippen LogP contribution in [-0.4, -0.2) is 29.9 Å². The molecule has 0 atom stereocenters. The van der Waals surface area contributed by atoms with E-state index in [2.05, 4.69) is 10.6 Å². The molecule has 154 valence electrons. The average Bonchev–Trinajstić information content (AvgIpc) is 2.71. The summed E-state index contributed by atoms with van der Waals surface area (Å²) in [6, 6.07) is 11.8. The van der Waals surface area contributed by atoms with Crippen molar-refractivity contribution in [1.29, 1.82) is 0 Å². The maximum absolute atomic E-state index is 13.0. The number of hydrogen-bond acceptors (Lipinski definition) is 2. The van der Waals surface area contributed by atoms with Crippen LogP contribution in [0.1, 0.15) is 36.5 Å². The number of nitrogens with zero attached hydrogens (tertiary/aromatic N) is 1. The summed E-state index contributed by atoms with van der Waals surface area (Å²) in [6.07, 6.45) is 1.20. The van der Waals surface area contributed by atoms with E-state index in [0.717, 1.165) is 22.4 Å². The van der Waals surface area contributed by atoms with Crippen LogP contribution < -0.4 is 10.6 Å². The second-order valence-corrected chi connectivity index (χ2v) is 8.03. The number of carbonyl (C=O) groups is 2. The first-order valence-corrected chi connectivity index (χ1v) is 9.93. The molecule has 6 heteroatoms. The number of likely N-dealkylation sites (tertiary alicyclic amines) is 1. The Bertz CT molecular complexity index is 887. The zero-order valence-electron chi connectivity index (χ0n) is 17.2. The zero-order chi connectivity index (χ0) is 21.0. The lowest BCUT2D eigenvalue weighted by Crippen LogP contribution is -2.49. The fraction of sp³-hybridized carbons (Fsp3) is 0.391. The summed E-state index contributed by atoms with van der Waals surface area (Å²) in [5.41, 5.74) is 3.35. The molecule has 2 aromatic carbocycles. The average molecular weight is 397 g/mol. The van der Waals surface area contributed by atoms with Crippen molar-refractivity contribution in [1.82, 2.24) is 10.2 Å². The van der Waals surface area contributed by atoms with Gasteiger partial charge in [0.25, 0.3) is 0 Å². The molecule has 0 aliphatic carbocycles. The van der Waals surface area contributed by atoms with E-state index < -0.39 is 5.41 Å². The van der Waals surface area contributed by atoms with E-state index in [1.807, 2.05) is 39.0 Å². The van der Waals surface area contributed by atoms with Crippen molar-refractivity contribution in [3.63, 3.8) is 0 Å². The molecule has 1 heterocycles. The van der Waals surface area contributed by atoms with Gasteiger partial charge in [-0.1, -0.05) is 31.2 Å². The molecule has 2 aromatic rings. The van der Waals surface area contributed by atoms with Crippen LogP contribution in [0.2, 0.25) is 0 Å². The SMILES string of the molecule is Cc1cccc(NC(=O)N2CCC(C)(C(=O)NCc3ccc(F)cc3)CC2)c1C. The van der Waals surface area contributed by atoms with Crippen LogP contribution in [0, 0.1) is 25.1 Å². The number of aryl methyl sites for hydroxylation is 1. The number of benzene rings is 2. The van der Waals surface area contributed by atoms with Crippen molar-refractivity contribution in [2.24, 2.45) is 5.41 Å². The Balaban J connectivity index is 1.52. The van der Waals surface area contributed by atoms with Gasteiger partial charge in [-0.05, 0) is 61.6 Å². The van der Waals surface area contributed by atoms with Crippen LogP contribution in [0.4, 0.5) is 14.9 Å². The summed E-state index contributed by atoms with van der Waals surface area (Å²) in [4.78, 5) is 27.1. The summed E-state index contributed by atoms with van der Waals surface area (Å²) in [6.45, 7) is 7.36. The summed E-state index contributed by atoms with van der Waals surface area (Å²) in [5, 5.41) is 5.93. The smallest absolute Gasteiger partial charge is 0.321 e. The molecule has 0 radical (unpaired) electrons. The number of rotatable bonds is 4. The lowest BCUT2D eigenvalue weighted by atomic mass is 9.79. The molecule has 1 saturated heterocycles. The lowest BCUT2D eigenvalue weighted by molar-refractivity contribution is -0.132. The lowest BCUT2D eigenvalue weighted by Gasteiger charge is -2.38. The van der Waals surface area contributed by atoms with E-state index in [9.17, 15) is 14.0 Å². The molecule has 0 saturated carbocycles. The van der Waals surface area contributed by atoms with Gasteiger partial charge >= 0.3 is 6.03 Å². The van der Waals surface area contributed by atoms with Gasteiger partial charge in [0.15, 0.2) is 0 Å². The quantitative estimate of drug-likeness (QED) is 0.804. The van der Waals surface area contributed by atoms with E-state index in [4.69, 9.17) is 0 Å². The number of amides is 3. The minimum atomic E-state index is -0.518. The van der Waals surface area contributed by atoms with Crippen LogP contribution in [0.25, 0.3) is 0 Å². The highest BCUT2D eigenvalue weighted by Gasteiger charge is 2.38. The molecule has 0 unspecified atom stereocenters. The molecular weight excluding hydrogens is 369 g/mol. The summed E-state index contributed by atoms with van der Waals surface area (Å²) >= 11 is 0. The molecule has 2 N–H and O–H groups in total. The number of urea groups is 1. The van der Waals surface area contributed by atoms with Gasteiger partial charge in [0.1, 0.15) is 5.82 Å². The van der Waals surface area contributed by atoms with E-state index in [1.54, 1.807) is 17.0 Å². The van der Waals surface area contributed by atoms with Crippen LogP contribution in [0.3, 0.4) is 0 Å². The van der Waals surface area contributed by atoms with Crippen LogP contribution in [0.5, 0.6) is 0 Å². The van der Waals surface area contributed by atoms with E-state index in [-0.39, 0.29) is 17.8 Å². The highest BCUT2D eigenvalue weighted by Crippen LogP contribution is 2.31. The third-order valence-corrected chi connectivity index (χ3v) is 5.91. The van der Waals surface area contributed by atoms with E-state index >= 15 is 0 Å². The Morgan fingerprint density at radius 1 is 1.07 bits per heavy atom. The monoisotopic (exact) mass is 397 g/mol. The summed E-state index contributed by atoms with van der Waals surface area (Å²) < 4.78 is 13.0. The van der Waals surface area contributed by atoms with Crippen molar-refractivity contribution in [2.75, 3.05) is 18.4 Å². The zero-order valence-corrected chi connectivity index (χ0v) is 17.2. The second-order valence-electron chi connectivity index (χ2n) is 8.03. The van der Waals surface area contributed by atoms with Crippen LogP contribution in [0.15, 0.2) is 42.5 Å². The first-order valence-electron chi connectivity index (χ1n) is 9.93. The van der Waals surface area contributed by atoms with Crippen molar-refractivity contribution >= 4 is 17.6 Å². The van der Waals surface area contributed by atoms with Gasteiger partial charge in [0.05, 0.1) is 0 Å². The van der Waals surface area contributed by atoms with Gasteiger partial charge in [0.2, 0.25) is 5.91 Å². The van der Waals surface area contributed by atoms with Crippen molar-refractivity contribution in [3.8, 4) is 0 Å². The predicted molar refractivity (Wildman–Crippen MR) is 112 cm³/mol. The Kier molecular flexibility index (Phi) is 6.20. The molecule has 1 fully saturated rings. The van der Waals surface area contributed by atoms with Gasteiger partial charge in [-0.3, -0.25) is 4.79 Å². The fourth-order valence-electron chi connectivity index (χ4n) is 3.51. The van der Waals surface area contributed by atoms with Gasteiger partial charge in [-0.25, -0.2) is 9.18 Å². The number of piperidine rings is 1. The second kappa shape index (κ2) is 8.64. The van der Waals surface area contributed by atoms with Crippen LogP contribution >= 0.6 is 0 Å². The minimum Gasteiger partial charge on any atom is -0.352 e. The Labute approximate surface area is 171 Å². The molecule has 1 aliphatic heterocycles. The van der Waals surface area contributed by atoms with E-state index in [0.29, 0.717) is 32.5 Å².